The molecule has 0 saturated heterocycles. The Kier molecular flexibility index (Phi) is 4.61. The first kappa shape index (κ1) is 14.8. The molecule has 5 nitrogen and oxygen atoms in total. The third kappa shape index (κ3) is 3.49. The number of aromatic carboxylic acids is 1. The van der Waals surface area contributed by atoms with Gasteiger partial charge in [-0.2, -0.15) is 0 Å². The fourth-order valence-electron chi connectivity index (χ4n) is 1.66. The van der Waals surface area contributed by atoms with E-state index in [0.29, 0.717) is 16.3 Å². The molecule has 0 atom stereocenters. The molecule has 2 aromatic heterocycles. The molecular formula is C13H14N2O3S2. The number of carbonyl (C=O) groups is 1. The molecule has 2 aromatic rings. The number of hydrogen-bond donors (Lipinski definition) is 1. The number of ether oxygens (including phenoxy) is 1. The molecule has 7 heteroatoms. The molecule has 2 heterocycles. The van der Waals surface area contributed by atoms with Crippen LogP contribution in [-0.4, -0.2) is 28.2 Å². The van der Waals surface area contributed by atoms with Crippen LogP contribution in [0.25, 0.3) is 0 Å². The van der Waals surface area contributed by atoms with E-state index in [1.165, 1.54) is 23.1 Å². The lowest BCUT2D eigenvalue weighted by molar-refractivity contribution is 0.0701. The van der Waals surface area contributed by atoms with Gasteiger partial charge < -0.3 is 9.84 Å². The van der Waals surface area contributed by atoms with E-state index in [1.54, 1.807) is 14.0 Å². The highest BCUT2D eigenvalue weighted by atomic mass is 32.2. The van der Waals surface area contributed by atoms with Gasteiger partial charge >= 0.3 is 5.97 Å². The van der Waals surface area contributed by atoms with E-state index in [2.05, 4.69) is 9.97 Å². The number of carboxylic acids is 1. The Morgan fingerprint density at radius 1 is 1.40 bits per heavy atom. The number of aromatic nitrogens is 2. The van der Waals surface area contributed by atoms with Gasteiger partial charge in [-0.15, -0.1) is 11.3 Å². The number of thiazole rings is 1. The molecule has 0 saturated carbocycles. The second-order valence-corrected chi connectivity index (χ2v) is 6.35. The minimum absolute atomic E-state index is 0.294. The molecule has 2 rings (SSSR count). The van der Waals surface area contributed by atoms with E-state index in [-0.39, 0.29) is 0 Å². The highest BCUT2D eigenvalue weighted by Crippen LogP contribution is 2.30. The van der Waals surface area contributed by atoms with Crippen molar-refractivity contribution in [2.75, 3.05) is 7.11 Å². The molecule has 0 amide bonds. The summed E-state index contributed by atoms with van der Waals surface area (Å²) in [5.41, 5.74) is 2.33. The maximum Gasteiger partial charge on any atom is 0.347 e. The van der Waals surface area contributed by atoms with Crippen LogP contribution in [0.4, 0.5) is 0 Å². The van der Waals surface area contributed by atoms with Crippen molar-refractivity contribution in [3.05, 3.63) is 34.1 Å². The van der Waals surface area contributed by atoms with Crippen LogP contribution in [0.1, 0.15) is 26.8 Å². The van der Waals surface area contributed by atoms with Gasteiger partial charge in [0.15, 0.2) is 4.34 Å². The highest BCUT2D eigenvalue weighted by Gasteiger charge is 2.14. The summed E-state index contributed by atoms with van der Waals surface area (Å²) in [6, 6.07) is 3.74. The molecule has 1 N–H and O–H groups in total. The molecule has 0 bridgehead atoms. The van der Waals surface area contributed by atoms with E-state index in [9.17, 15) is 4.79 Å². The average Bonchev–Trinajstić information content (AvgIpc) is 2.77. The van der Waals surface area contributed by atoms with Crippen molar-refractivity contribution >= 4 is 29.1 Å². The minimum atomic E-state index is -0.929. The quantitative estimate of drug-likeness (QED) is 0.855. The monoisotopic (exact) mass is 310 g/mol. The van der Waals surface area contributed by atoms with Gasteiger partial charge in [0, 0.05) is 23.6 Å². The Morgan fingerprint density at radius 3 is 2.75 bits per heavy atom. The molecule has 106 valence electrons. The van der Waals surface area contributed by atoms with Crippen LogP contribution >= 0.6 is 23.1 Å². The summed E-state index contributed by atoms with van der Waals surface area (Å²) in [6.07, 6.45) is 0. The van der Waals surface area contributed by atoms with Crippen LogP contribution in [0, 0.1) is 13.8 Å². The number of nitrogens with zero attached hydrogens (tertiary/aromatic N) is 2. The fraction of sp³-hybridized carbons (Fsp3) is 0.308. The van der Waals surface area contributed by atoms with E-state index in [0.717, 1.165) is 21.5 Å². The first-order valence-electron chi connectivity index (χ1n) is 5.84. The van der Waals surface area contributed by atoms with Gasteiger partial charge in [0.05, 0.1) is 18.5 Å². The van der Waals surface area contributed by atoms with Gasteiger partial charge in [-0.25, -0.2) is 9.78 Å². The zero-order valence-corrected chi connectivity index (χ0v) is 13.0. The summed E-state index contributed by atoms with van der Waals surface area (Å²) >= 11 is 2.67. The standard InChI is InChI=1S/C13H14N2O3S2/c1-7-4-10(18-3)5-9(14-7)6-19-13-15-8(2)11(20-13)12(16)17/h4-5H,6H2,1-3H3,(H,16,17). The van der Waals surface area contributed by atoms with Crippen LogP contribution in [0.5, 0.6) is 5.75 Å². The third-order valence-corrected chi connectivity index (χ3v) is 4.85. The number of thioether (sulfide) groups is 1. The Labute approximate surface area is 125 Å². The second kappa shape index (κ2) is 6.23. The Bertz CT molecular complexity index is 641. The van der Waals surface area contributed by atoms with Crippen molar-refractivity contribution in [1.82, 2.24) is 9.97 Å². The van der Waals surface area contributed by atoms with Gasteiger partial charge in [-0.05, 0) is 13.8 Å². The van der Waals surface area contributed by atoms with Crippen LogP contribution in [0.15, 0.2) is 16.5 Å². The number of rotatable bonds is 5. The number of carboxylic acid groups (broad SMARTS) is 1. The van der Waals surface area contributed by atoms with Gasteiger partial charge in [0.2, 0.25) is 0 Å². The van der Waals surface area contributed by atoms with Gasteiger partial charge in [-0.3, -0.25) is 4.98 Å². The number of aryl methyl sites for hydroxylation is 2. The van der Waals surface area contributed by atoms with Crippen molar-refractivity contribution in [2.24, 2.45) is 0 Å². The molecule has 0 aromatic carbocycles. The molecule has 0 spiro atoms. The summed E-state index contributed by atoms with van der Waals surface area (Å²) in [5, 5.41) is 9.00. The van der Waals surface area contributed by atoms with Crippen molar-refractivity contribution < 1.29 is 14.6 Å². The van der Waals surface area contributed by atoms with Crippen molar-refractivity contribution in [1.29, 1.82) is 0 Å². The number of pyridine rings is 1. The molecule has 0 unspecified atom stereocenters. The van der Waals surface area contributed by atoms with E-state index in [1.807, 2.05) is 19.1 Å². The topological polar surface area (TPSA) is 72.3 Å². The molecule has 20 heavy (non-hydrogen) atoms. The lowest BCUT2D eigenvalue weighted by atomic mass is 10.3. The Morgan fingerprint density at radius 2 is 2.15 bits per heavy atom. The van der Waals surface area contributed by atoms with Gasteiger partial charge in [-0.1, -0.05) is 11.8 Å². The van der Waals surface area contributed by atoms with E-state index >= 15 is 0 Å². The van der Waals surface area contributed by atoms with Crippen molar-refractivity contribution in [3.8, 4) is 5.75 Å². The lowest BCUT2D eigenvalue weighted by Gasteiger charge is -2.04. The predicted molar refractivity (Wildman–Crippen MR) is 78.9 cm³/mol. The molecule has 0 aliphatic heterocycles. The molecule has 0 aliphatic carbocycles. The molecule has 0 fully saturated rings. The smallest absolute Gasteiger partial charge is 0.347 e. The summed E-state index contributed by atoms with van der Waals surface area (Å²) in [6.45, 7) is 3.62. The van der Waals surface area contributed by atoms with Crippen LogP contribution in [-0.2, 0) is 5.75 Å². The van der Waals surface area contributed by atoms with Crippen LogP contribution in [0.2, 0.25) is 0 Å². The largest absolute Gasteiger partial charge is 0.497 e. The highest BCUT2D eigenvalue weighted by molar-refractivity contribution is 8.00. The number of methoxy groups -OCH3 is 1. The van der Waals surface area contributed by atoms with Crippen molar-refractivity contribution in [3.63, 3.8) is 0 Å². The Hall–Kier alpha value is -1.60. The summed E-state index contributed by atoms with van der Waals surface area (Å²) in [4.78, 5) is 19.9. The van der Waals surface area contributed by atoms with Crippen LogP contribution in [0.3, 0.4) is 0 Å². The summed E-state index contributed by atoms with van der Waals surface area (Å²) in [5.74, 6) is 0.473. The fourth-order valence-corrected chi connectivity index (χ4v) is 3.58. The van der Waals surface area contributed by atoms with E-state index < -0.39 is 5.97 Å². The van der Waals surface area contributed by atoms with Crippen LogP contribution < -0.4 is 4.74 Å². The third-order valence-electron chi connectivity index (χ3n) is 2.53. The van der Waals surface area contributed by atoms with Gasteiger partial charge in [0.1, 0.15) is 10.6 Å². The summed E-state index contributed by atoms with van der Waals surface area (Å²) < 4.78 is 5.94. The van der Waals surface area contributed by atoms with Gasteiger partial charge in [0.25, 0.3) is 0 Å². The maximum atomic E-state index is 11.0. The number of hydrogen-bond acceptors (Lipinski definition) is 6. The first-order chi connectivity index (χ1) is 9.49. The Balaban J connectivity index is 2.10. The maximum absolute atomic E-state index is 11.0. The minimum Gasteiger partial charge on any atom is -0.497 e. The average molecular weight is 310 g/mol. The molecule has 0 radical (unpaired) electrons. The van der Waals surface area contributed by atoms with Crippen molar-refractivity contribution in [2.45, 2.75) is 23.9 Å². The normalized spacial score (nSPS) is 10.6. The first-order valence-corrected chi connectivity index (χ1v) is 7.65. The predicted octanol–water partition coefficient (Wildman–Crippen LogP) is 3.15. The molecular weight excluding hydrogens is 296 g/mol. The van der Waals surface area contributed by atoms with E-state index in [4.69, 9.17) is 9.84 Å². The molecule has 0 aliphatic rings. The lowest BCUT2D eigenvalue weighted by Crippen LogP contribution is -1.94. The zero-order valence-electron chi connectivity index (χ0n) is 11.3. The second-order valence-electron chi connectivity index (χ2n) is 4.13. The zero-order chi connectivity index (χ0) is 14.7. The SMILES string of the molecule is COc1cc(C)nc(CSc2nc(C)c(C(=O)O)s2)c1. The summed E-state index contributed by atoms with van der Waals surface area (Å²) in [7, 11) is 1.62.